The number of alkyl halides is 3. The van der Waals surface area contributed by atoms with Gasteiger partial charge in [0.1, 0.15) is 5.75 Å². The number of carbonyl (C=O) groups is 2. The Morgan fingerprint density at radius 1 is 0.848 bits per heavy atom. The number of ether oxygens (including phenoxy) is 1. The first-order valence-corrected chi connectivity index (χ1v) is 10.1. The molecule has 3 N–H and O–H groups in total. The minimum atomic E-state index is -4.50. The Morgan fingerprint density at radius 3 is 2.24 bits per heavy atom. The predicted molar refractivity (Wildman–Crippen MR) is 121 cm³/mol. The standard InChI is InChI=1S/C24H22F3N3O3/c1-2-33-21-11-5-10-20(14-21)29-22(31)15-28-18-8-3-6-16(12-18)23(32)30-19-9-4-7-17(13-19)24(25,26)27/h3-14,28H,2,15H2,1H3,(H,29,31)(H,30,32). The Kier molecular flexibility index (Phi) is 7.55. The second-order valence-electron chi connectivity index (χ2n) is 6.98. The second-order valence-corrected chi connectivity index (χ2v) is 6.98. The molecular formula is C24H22F3N3O3. The predicted octanol–water partition coefficient (Wildman–Crippen LogP) is 5.41. The molecule has 0 aliphatic heterocycles. The summed E-state index contributed by atoms with van der Waals surface area (Å²) in [6.45, 7) is 2.32. The van der Waals surface area contributed by atoms with Crippen LogP contribution < -0.4 is 20.7 Å². The lowest BCUT2D eigenvalue weighted by molar-refractivity contribution is -0.137. The zero-order valence-electron chi connectivity index (χ0n) is 17.7. The number of hydrogen-bond donors (Lipinski definition) is 3. The molecule has 0 heterocycles. The molecule has 3 aromatic rings. The van der Waals surface area contributed by atoms with Crippen LogP contribution in [0.3, 0.4) is 0 Å². The molecule has 172 valence electrons. The molecule has 0 fully saturated rings. The van der Waals surface area contributed by atoms with Gasteiger partial charge < -0.3 is 20.7 Å². The van der Waals surface area contributed by atoms with Gasteiger partial charge in [-0.2, -0.15) is 13.2 Å². The topological polar surface area (TPSA) is 79.5 Å². The number of anilines is 3. The van der Waals surface area contributed by atoms with Gasteiger partial charge >= 0.3 is 6.18 Å². The fraction of sp³-hybridized carbons (Fsp3) is 0.167. The highest BCUT2D eigenvalue weighted by Gasteiger charge is 2.30. The van der Waals surface area contributed by atoms with Gasteiger partial charge in [0.2, 0.25) is 5.91 Å². The van der Waals surface area contributed by atoms with Gasteiger partial charge in [-0.15, -0.1) is 0 Å². The van der Waals surface area contributed by atoms with Crippen LogP contribution in [0.25, 0.3) is 0 Å². The van der Waals surface area contributed by atoms with Crippen molar-refractivity contribution in [2.24, 2.45) is 0 Å². The van der Waals surface area contributed by atoms with E-state index in [0.29, 0.717) is 23.7 Å². The number of nitrogens with one attached hydrogen (secondary N) is 3. The molecule has 0 bridgehead atoms. The molecule has 0 aromatic heterocycles. The molecular weight excluding hydrogens is 435 g/mol. The van der Waals surface area contributed by atoms with Crippen LogP contribution in [0.5, 0.6) is 5.75 Å². The highest BCUT2D eigenvalue weighted by atomic mass is 19.4. The van der Waals surface area contributed by atoms with E-state index in [4.69, 9.17) is 4.74 Å². The van der Waals surface area contributed by atoms with Crippen molar-refractivity contribution >= 4 is 28.9 Å². The maximum absolute atomic E-state index is 12.9. The fourth-order valence-corrected chi connectivity index (χ4v) is 2.96. The molecule has 0 unspecified atom stereocenters. The van der Waals surface area contributed by atoms with Crippen LogP contribution >= 0.6 is 0 Å². The number of amides is 2. The second kappa shape index (κ2) is 10.5. The lowest BCUT2D eigenvalue weighted by Crippen LogP contribution is -2.22. The fourth-order valence-electron chi connectivity index (χ4n) is 2.96. The summed E-state index contributed by atoms with van der Waals surface area (Å²) >= 11 is 0. The Bertz CT molecular complexity index is 1130. The minimum Gasteiger partial charge on any atom is -0.494 e. The molecule has 3 aromatic carbocycles. The maximum atomic E-state index is 12.9. The van der Waals surface area contributed by atoms with E-state index in [0.717, 1.165) is 12.1 Å². The van der Waals surface area contributed by atoms with Crippen LogP contribution in [0.1, 0.15) is 22.8 Å². The molecule has 0 saturated heterocycles. The zero-order chi connectivity index (χ0) is 23.8. The molecule has 9 heteroatoms. The number of rotatable bonds is 8. The third-order valence-electron chi connectivity index (χ3n) is 4.45. The molecule has 3 rings (SSSR count). The van der Waals surface area contributed by atoms with Gasteiger partial charge in [-0.25, -0.2) is 0 Å². The van der Waals surface area contributed by atoms with E-state index in [-0.39, 0.29) is 23.7 Å². The van der Waals surface area contributed by atoms with Crippen molar-refractivity contribution in [2.45, 2.75) is 13.1 Å². The number of halogens is 3. The van der Waals surface area contributed by atoms with Crippen LogP contribution in [0.2, 0.25) is 0 Å². The zero-order valence-corrected chi connectivity index (χ0v) is 17.7. The number of hydrogen-bond acceptors (Lipinski definition) is 4. The molecule has 6 nitrogen and oxygen atoms in total. The van der Waals surface area contributed by atoms with E-state index in [9.17, 15) is 22.8 Å². The normalized spacial score (nSPS) is 10.9. The average Bonchev–Trinajstić information content (AvgIpc) is 2.78. The highest BCUT2D eigenvalue weighted by molar-refractivity contribution is 6.05. The van der Waals surface area contributed by atoms with Crippen LogP contribution in [0, 0.1) is 0 Å². The van der Waals surface area contributed by atoms with Gasteiger partial charge in [-0.3, -0.25) is 9.59 Å². The van der Waals surface area contributed by atoms with Crippen molar-refractivity contribution in [1.29, 1.82) is 0 Å². The first-order valence-electron chi connectivity index (χ1n) is 10.1. The summed E-state index contributed by atoms with van der Waals surface area (Å²) in [5, 5.41) is 8.12. The summed E-state index contributed by atoms with van der Waals surface area (Å²) in [4.78, 5) is 24.7. The lowest BCUT2D eigenvalue weighted by atomic mass is 10.1. The van der Waals surface area contributed by atoms with Crippen LogP contribution in [0.4, 0.5) is 30.2 Å². The monoisotopic (exact) mass is 457 g/mol. The summed E-state index contributed by atoms with van der Waals surface area (Å²) in [7, 11) is 0. The molecule has 0 aliphatic carbocycles. The van der Waals surface area contributed by atoms with Crippen molar-refractivity contribution in [3.8, 4) is 5.75 Å². The molecule has 0 spiro atoms. The summed E-state index contributed by atoms with van der Waals surface area (Å²) in [5.74, 6) is -0.236. The van der Waals surface area contributed by atoms with Crippen LogP contribution in [0.15, 0.2) is 72.8 Å². The summed E-state index contributed by atoms with van der Waals surface area (Å²) in [5.41, 5.74) is 0.490. The number of benzene rings is 3. The first kappa shape index (κ1) is 23.6. The minimum absolute atomic E-state index is 0.0295. The third kappa shape index (κ3) is 6.99. The summed E-state index contributed by atoms with van der Waals surface area (Å²) < 4.78 is 44.0. The average molecular weight is 457 g/mol. The Labute approximate surface area is 188 Å². The highest BCUT2D eigenvalue weighted by Crippen LogP contribution is 2.30. The van der Waals surface area contributed by atoms with E-state index in [1.165, 1.54) is 24.3 Å². The van der Waals surface area contributed by atoms with Crippen molar-refractivity contribution in [3.05, 3.63) is 83.9 Å². The van der Waals surface area contributed by atoms with E-state index in [1.807, 2.05) is 6.92 Å². The van der Waals surface area contributed by atoms with Gasteiger partial charge in [0.25, 0.3) is 5.91 Å². The van der Waals surface area contributed by atoms with E-state index in [2.05, 4.69) is 16.0 Å². The quantitative estimate of drug-likeness (QED) is 0.423. The first-order chi connectivity index (χ1) is 15.7. The van der Waals surface area contributed by atoms with Gasteiger partial charge in [-0.1, -0.05) is 18.2 Å². The van der Waals surface area contributed by atoms with Gasteiger partial charge in [0.05, 0.1) is 18.7 Å². The molecule has 0 aliphatic rings. The van der Waals surface area contributed by atoms with Gasteiger partial charge in [-0.05, 0) is 55.5 Å². The van der Waals surface area contributed by atoms with Gasteiger partial charge in [0.15, 0.2) is 0 Å². The lowest BCUT2D eigenvalue weighted by Gasteiger charge is -2.11. The third-order valence-corrected chi connectivity index (χ3v) is 4.45. The van der Waals surface area contributed by atoms with E-state index >= 15 is 0 Å². The van der Waals surface area contributed by atoms with E-state index in [1.54, 1.807) is 36.4 Å². The van der Waals surface area contributed by atoms with Crippen molar-refractivity contribution in [1.82, 2.24) is 0 Å². The van der Waals surface area contributed by atoms with E-state index < -0.39 is 17.6 Å². The summed E-state index contributed by atoms with van der Waals surface area (Å²) in [6.07, 6.45) is -4.50. The Hall–Kier alpha value is -4.01. The Balaban J connectivity index is 1.59. The number of carbonyl (C=O) groups excluding carboxylic acids is 2. The Morgan fingerprint density at radius 2 is 1.52 bits per heavy atom. The largest absolute Gasteiger partial charge is 0.494 e. The summed E-state index contributed by atoms with van der Waals surface area (Å²) in [6, 6.07) is 17.7. The van der Waals surface area contributed by atoms with Crippen molar-refractivity contribution in [2.75, 3.05) is 29.1 Å². The molecule has 0 atom stereocenters. The van der Waals surface area contributed by atoms with Gasteiger partial charge in [0, 0.05) is 28.7 Å². The van der Waals surface area contributed by atoms with Crippen molar-refractivity contribution < 1.29 is 27.5 Å². The smallest absolute Gasteiger partial charge is 0.416 e. The van der Waals surface area contributed by atoms with Crippen LogP contribution in [-0.2, 0) is 11.0 Å². The molecule has 2 amide bonds. The molecule has 0 radical (unpaired) electrons. The van der Waals surface area contributed by atoms with Crippen LogP contribution in [-0.4, -0.2) is 25.0 Å². The maximum Gasteiger partial charge on any atom is 0.416 e. The SMILES string of the molecule is CCOc1cccc(NC(=O)CNc2cccc(C(=O)Nc3cccc(C(F)(F)F)c3)c2)c1. The molecule has 33 heavy (non-hydrogen) atoms. The molecule has 0 saturated carbocycles. The van der Waals surface area contributed by atoms with Crippen molar-refractivity contribution in [3.63, 3.8) is 0 Å².